The van der Waals surface area contributed by atoms with Crippen molar-refractivity contribution in [1.29, 1.82) is 0 Å². The minimum Gasteiger partial charge on any atom is -0.348 e. The van der Waals surface area contributed by atoms with E-state index in [4.69, 9.17) is 0 Å². The number of hydrogen-bond donors (Lipinski definition) is 2. The van der Waals surface area contributed by atoms with E-state index >= 15 is 0 Å². The van der Waals surface area contributed by atoms with E-state index in [-0.39, 0.29) is 16.6 Å². The third-order valence-electron chi connectivity index (χ3n) is 5.04. The Morgan fingerprint density at radius 1 is 0.727 bits per heavy atom. The lowest BCUT2D eigenvalue weighted by molar-refractivity contribution is 0.0951. The number of sulfonamides is 1. The molecule has 0 aliphatic carbocycles. The molecule has 4 aromatic carbocycles. The van der Waals surface area contributed by atoms with Crippen molar-refractivity contribution in [3.8, 4) is 11.1 Å². The molecular formula is C26H21FN2O3S. The molecule has 0 heterocycles. The molecule has 166 valence electrons. The summed E-state index contributed by atoms with van der Waals surface area (Å²) in [4.78, 5) is 12.4. The lowest BCUT2D eigenvalue weighted by Gasteiger charge is -2.10. The van der Waals surface area contributed by atoms with Gasteiger partial charge in [0, 0.05) is 17.8 Å². The Labute approximate surface area is 192 Å². The normalized spacial score (nSPS) is 11.1. The molecule has 0 aliphatic heterocycles. The highest BCUT2D eigenvalue weighted by molar-refractivity contribution is 7.92. The number of carbonyl (C=O) groups excluding carboxylic acids is 1. The molecule has 5 nitrogen and oxygen atoms in total. The molecule has 0 aliphatic rings. The van der Waals surface area contributed by atoms with Gasteiger partial charge in [0.2, 0.25) is 0 Å². The maximum atomic E-state index is 13.1. The lowest BCUT2D eigenvalue weighted by atomic mass is 10.1. The SMILES string of the molecule is O=C(NCc1ccccc1)c1ccc(NS(=O)(=O)c2ccc(-c3ccc(F)cc3)cc2)cc1. The number of nitrogens with one attached hydrogen (secondary N) is 2. The summed E-state index contributed by atoms with van der Waals surface area (Å²) in [5.74, 6) is -0.577. The van der Waals surface area contributed by atoms with E-state index in [0.717, 1.165) is 16.7 Å². The molecule has 0 saturated heterocycles. The molecule has 0 aromatic heterocycles. The number of hydrogen-bond acceptors (Lipinski definition) is 3. The molecule has 2 N–H and O–H groups in total. The van der Waals surface area contributed by atoms with Crippen molar-refractivity contribution in [1.82, 2.24) is 5.32 Å². The largest absolute Gasteiger partial charge is 0.348 e. The molecule has 0 atom stereocenters. The van der Waals surface area contributed by atoms with Crippen molar-refractivity contribution in [3.05, 3.63) is 120 Å². The summed E-state index contributed by atoms with van der Waals surface area (Å²) in [6.07, 6.45) is 0. The number of rotatable bonds is 7. The van der Waals surface area contributed by atoms with Crippen molar-refractivity contribution in [2.45, 2.75) is 11.4 Å². The maximum absolute atomic E-state index is 13.1. The molecule has 0 fully saturated rings. The summed E-state index contributed by atoms with van der Waals surface area (Å²) in [5.41, 5.74) is 3.32. The van der Waals surface area contributed by atoms with E-state index in [1.807, 2.05) is 30.3 Å². The van der Waals surface area contributed by atoms with Gasteiger partial charge in [0.05, 0.1) is 4.90 Å². The Bertz CT molecular complexity index is 1340. The first-order chi connectivity index (χ1) is 15.9. The number of benzene rings is 4. The van der Waals surface area contributed by atoms with Gasteiger partial charge in [-0.05, 0) is 65.2 Å². The van der Waals surface area contributed by atoms with Gasteiger partial charge in [0.15, 0.2) is 0 Å². The van der Waals surface area contributed by atoms with Crippen molar-refractivity contribution >= 4 is 21.6 Å². The fourth-order valence-electron chi connectivity index (χ4n) is 3.25. The van der Waals surface area contributed by atoms with Gasteiger partial charge in [-0.15, -0.1) is 0 Å². The van der Waals surface area contributed by atoms with Crippen LogP contribution in [0.4, 0.5) is 10.1 Å². The van der Waals surface area contributed by atoms with Gasteiger partial charge in [0.25, 0.3) is 15.9 Å². The number of anilines is 1. The summed E-state index contributed by atoms with van der Waals surface area (Å²) in [6, 6.07) is 28.1. The summed E-state index contributed by atoms with van der Waals surface area (Å²) in [7, 11) is -3.81. The van der Waals surface area contributed by atoms with Gasteiger partial charge in [0.1, 0.15) is 5.82 Å². The third-order valence-corrected chi connectivity index (χ3v) is 6.43. The average molecular weight is 461 g/mol. The first kappa shape index (κ1) is 22.2. The highest BCUT2D eigenvalue weighted by atomic mass is 32.2. The molecule has 4 rings (SSSR count). The fourth-order valence-corrected chi connectivity index (χ4v) is 4.31. The second-order valence-electron chi connectivity index (χ2n) is 7.38. The van der Waals surface area contributed by atoms with Gasteiger partial charge < -0.3 is 5.32 Å². The smallest absolute Gasteiger partial charge is 0.261 e. The van der Waals surface area contributed by atoms with Crippen LogP contribution in [0.3, 0.4) is 0 Å². The standard InChI is InChI=1S/C26H21FN2O3S/c27-23-12-6-20(7-13-23)21-10-16-25(17-11-21)33(31,32)29-24-14-8-22(9-15-24)26(30)28-18-19-4-2-1-3-5-19/h1-17,29H,18H2,(H,28,30). The second kappa shape index (κ2) is 9.67. The second-order valence-corrected chi connectivity index (χ2v) is 9.06. The van der Waals surface area contributed by atoms with E-state index in [0.29, 0.717) is 17.8 Å². The molecule has 0 saturated carbocycles. The first-order valence-electron chi connectivity index (χ1n) is 10.2. The average Bonchev–Trinajstić information content (AvgIpc) is 2.84. The fraction of sp³-hybridized carbons (Fsp3) is 0.0385. The van der Waals surface area contributed by atoms with Crippen LogP contribution >= 0.6 is 0 Å². The minimum absolute atomic E-state index is 0.0954. The van der Waals surface area contributed by atoms with E-state index in [2.05, 4.69) is 10.0 Å². The molecule has 4 aromatic rings. The van der Waals surface area contributed by atoms with Crippen molar-refractivity contribution in [3.63, 3.8) is 0 Å². The van der Waals surface area contributed by atoms with Crippen molar-refractivity contribution in [2.24, 2.45) is 0 Å². The van der Waals surface area contributed by atoms with Gasteiger partial charge in [-0.2, -0.15) is 0 Å². The minimum atomic E-state index is -3.81. The van der Waals surface area contributed by atoms with Crippen LogP contribution in [0.15, 0.2) is 108 Å². The Morgan fingerprint density at radius 3 is 1.91 bits per heavy atom. The molecule has 33 heavy (non-hydrogen) atoms. The van der Waals surface area contributed by atoms with Crippen LogP contribution in [0.2, 0.25) is 0 Å². The Hall–Kier alpha value is -3.97. The molecular weight excluding hydrogens is 439 g/mol. The van der Waals surface area contributed by atoms with Crippen LogP contribution in [0.5, 0.6) is 0 Å². The zero-order valence-electron chi connectivity index (χ0n) is 17.5. The molecule has 1 amide bonds. The van der Waals surface area contributed by atoms with Crippen LogP contribution < -0.4 is 10.0 Å². The summed E-state index contributed by atoms with van der Waals surface area (Å²) >= 11 is 0. The number of amides is 1. The van der Waals surface area contributed by atoms with Crippen LogP contribution in [0, 0.1) is 5.82 Å². The zero-order chi connectivity index (χ0) is 23.3. The maximum Gasteiger partial charge on any atom is 0.261 e. The third kappa shape index (κ3) is 5.64. The van der Waals surface area contributed by atoms with Crippen LogP contribution in [-0.4, -0.2) is 14.3 Å². The van der Waals surface area contributed by atoms with E-state index in [1.165, 1.54) is 24.3 Å². The topological polar surface area (TPSA) is 75.3 Å². The van der Waals surface area contributed by atoms with Crippen molar-refractivity contribution < 1.29 is 17.6 Å². The van der Waals surface area contributed by atoms with Gasteiger partial charge >= 0.3 is 0 Å². The Balaban J connectivity index is 1.40. The van der Waals surface area contributed by atoms with E-state index in [9.17, 15) is 17.6 Å². The van der Waals surface area contributed by atoms with E-state index in [1.54, 1.807) is 48.5 Å². The van der Waals surface area contributed by atoms with Gasteiger partial charge in [-0.25, -0.2) is 12.8 Å². The zero-order valence-corrected chi connectivity index (χ0v) is 18.3. The first-order valence-corrected chi connectivity index (χ1v) is 11.7. The van der Waals surface area contributed by atoms with E-state index < -0.39 is 10.0 Å². The molecule has 0 radical (unpaired) electrons. The quantitative estimate of drug-likeness (QED) is 0.397. The lowest BCUT2D eigenvalue weighted by Crippen LogP contribution is -2.22. The van der Waals surface area contributed by atoms with Crippen LogP contribution in [0.1, 0.15) is 15.9 Å². The highest BCUT2D eigenvalue weighted by Gasteiger charge is 2.15. The van der Waals surface area contributed by atoms with Crippen molar-refractivity contribution in [2.75, 3.05) is 4.72 Å². The van der Waals surface area contributed by atoms with Gasteiger partial charge in [-0.1, -0.05) is 54.6 Å². The number of carbonyl (C=O) groups is 1. The predicted molar refractivity (Wildman–Crippen MR) is 127 cm³/mol. The predicted octanol–water partition coefficient (Wildman–Crippen LogP) is 5.22. The molecule has 0 spiro atoms. The summed E-state index contributed by atoms with van der Waals surface area (Å²) in [5, 5.41) is 2.83. The molecule has 7 heteroatoms. The summed E-state index contributed by atoms with van der Waals surface area (Å²) in [6.45, 7) is 0.405. The van der Waals surface area contributed by atoms with Crippen LogP contribution in [-0.2, 0) is 16.6 Å². The molecule has 0 unspecified atom stereocenters. The van der Waals surface area contributed by atoms with Crippen LogP contribution in [0.25, 0.3) is 11.1 Å². The Morgan fingerprint density at radius 2 is 1.30 bits per heavy atom. The monoisotopic (exact) mass is 460 g/mol. The summed E-state index contributed by atoms with van der Waals surface area (Å²) < 4.78 is 41.1. The number of halogens is 1. The molecule has 0 bridgehead atoms. The van der Waals surface area contributed by atoms with Gasteiger partial charge in [-0.3, -0.25) is 9.52 Å². The highest BCUT2D eigenvalue weighted by Crippen LogP contribution is 2.23. The Kier molecular flexibility index (Phi) is 6.51.